The Bertz CT molecular complexity index is 337. The molecule has 1 unspecified atom stereocenters. The molecule has 0 aliphatic heterocycles. The Hall–Kier alpha value is -0.690. The van der Waals surface area contributed by atoms with Gasteiger partial charge in [0.15, 0.2) is 0 Å². The van der Waals surface area contributed by atoms with Gasteiger partial charge in [0.25, 0.3) is 0 Å². The summed E-state index contributed by atoms with van der Waals surface area (Å²) in [6.45, 7) is 14.5. The summed E-state index contributed by atoms with van der Waals surface area (Å²) in [6.07, 6.45) is 1.93. The first-order valence-corrected chi connectivity index (χ1v) is 8.24. The average molecular weight is 334 g/mol. The SMILES string of the molecule is CCCCCC(C)(C(=O)O)C(OOC(C)(C)C)OOC(C)(C)C. The maximum absolute atomic E-state index is 11.8. The van der Waals surface area contributed by atoms with E-state index in [1.54, 1.807) is 6.92 Å². The van der Waals surface area contributed by atoms with Crippen molar-refractivity contribution in [2.75, 3.05) is 0 Å². The lowest BCUT2D eigenvalue weighted by molar-refractivity contribution is -0.512. The minimum absolute atomic E-state index is 0.405. The van der Waals surface area contributed by atoms with Crippen LogP contribution in [0.5, 0.6) is 0 Å². The molecule has 0 heterocycles. The zero-order valence-electron chi connectivity index (χ0n) is 15.9. The van der Waals surface area contributed by atoms with Gasteiger partial charge in [-0.05, 0) is 54.9 Å². The normalized spacial score (nSPS) is 15.7. The average Bonchev–Trinajstić information content (AvgIpc) is 2.35. The topological polar surface area (TPSA) is 74.2 Å². The molecule has 6 heteroatoms. The number of carboxylic acid groups (broad SMARTS) is 1. The number of rotatable bonds is 10. The Balaban J connectivity index is 5.16. The highest BCUT2D eigenvalue weighted by atomic mass is 17.3. The summed E-state index contributed by atoms with van der Waals surface area (Å²) in [5, 5.41) is 9.69. The lowest BCUT2D eigenvalue weighted by Gasteiger charge is -2.34. The van der Waals surface area contributed by atoms with Crippen molar-refractivity contribution in [3.05, 3.63) is 0 Å². The smallest absolute Gasteiger partial charge is 0.314 e. The number of hydrogen-bond acceptors (Lipinski definition) is 5. The molecule has 0 amide bonds. The first-order valence-electron chi connectivity index (χ1n) is 8.24. The summed E-state index contributed by atoms with van der Waals surface area (Å²) in [5.41, 5.74) is -2.45. The largest absolute Gasteiger partial charge is 0.481 e. The van der Waals surface area contributed by atoms with E-state index in [4.69, 9.17) is 19.6 Å². The Morgan fingerprint density at radius 2 is 1.35 bits per heavy atom. The van der Waals surface area contributed by atoms with E-state index in [1.165, 1.54) is 0 Å². The molecule has 0 spiro atoms. The van der Waals surface area contributed by atoms with Crippen molar-refractivity contribution >= 4 is 5.97 Å². The van der Waals surface area contributed by atoms with E-state index in [9.17, 15) is 9.90 Å². The molecule has 1 N–H and O–H groups in total. The molecule has 23 heavy (non-hydrogen) atoms. The summed E-state index contributed by atoms with van der Waals surface area (Å²) < 4.78 is 0. The van der Waals surface area contributed by atoms with Gasteiger partial charge in [0.1, 0.15) is 5.41 Å². The van der Waals surface area contributed by atoms with Gasteiger partial charge in [0, 0.05) is 0 Å². The maximum atomic E-state index is 11.8. The lowest BCUT2D eigenvalue weighted by atomic mass is 9.84. The van der Waals surface area contributed by atoms with E-state index in [-0.39, 0.29) is 0 Å². The van der Waals surface area contributed by atoms with Crippen molar-refractivity contribution in [3.8, 4) is 0 Å². The van der Waals surface area contributed by atoms with E-state index in [2.05, 4.69) is 6.92 Å². The fourth-order valence-electron chi connectivity index (χ4n) is 1.67. The second-order valence-corrected chi connectivity index (χ2v) is 8.10. The minimum atomic E-state index is -1.27. The molecule has 0 rings (SSSR count). The molecular formula is C17H34O6. The van der Waals surface area contributed by atoms with Crippen molar-refractivity contribution in [1.29, 1.82) is 0 Å². The summed E-state index contributed by atoms with van der Waals surface area (Å²) in [4.78, 5) is 33.1. The van der Waals surface area contributed by atoms with Crippen molar-refractivity contribution in [1.82, 2.24) is 0 Å². The van der Waals surface area contributed by atoms with Crippen LogP contribution in [-0.2, 0) is 24.3 Å². The van der Waals surface area contributed by atoms with E-state index >= 15 is 0 Å². The molecule has 0 saturated heterocycles. The number of hydrogen-bond donors (Lipinski definition) is 1. The molecule has 0 aromatic heterocycles. The lowest BCUT2D eigenvalue weighted by Crippen LogP contribution is -2.45. The molecule has 0 radical (unpaired) electrons. The Morgan fingerprint density at radius 1 is 0.913 bits per heavy atom. The van der Waals surface area contributed by atoms with E-state index in [0.717, 1.165) is 19.3 Å². The van der Waals surface area contributed by atoms with Gasteiger partial charge in [0.2, 0.25) is 6.29 Å². The quantitative estimate of drug-likeness (QED) is 0.275. The summed E-state index contributed by atoms with van der Waals surface area (Å²) in [6, 6.07) is 0. The zero-order chi connectivity index (χ0) is 18.3. The van der Waals surface area contributed by atoms with Crippen LogP contribution < -0.4 is 0 Å². The minimum Gasteiger partial charge on any atom is -0.481 e. The first-order chi connectivity index (χ1) is 10.3. The number of carbonyl (C=O) groups is 1. The van der Waals surface area contributed by atoms with Crippen molar-refractivity contribution in [2.24, 2.45) is 5.41 Å². The first kappa shape index (κ1) is 22.3. The molecule has 0 aliphatic carbocycles. The van der Waals surface area contributed by atoms with Gasteiger partial charge in [-0.2, -0.15) is 9.78 Å². The Kier molecular flexibility index (Phi) is 8.70. The van der Waals surface area contributed by atoms with Crippen LogP contribution >= 0.6 is 0 Å². The molecule has 6 nitrogen and oxygen atoms in total. The van der Waals surface area contributed by atoms with Crippen LogP contribution in [0.25, 0.3) is 0 Å². The van der Waals surface area contributed by atoms with Crippen LogP contribution in [-0.4, -0.2) is 28.6 Å². The van der Waals surface area contributed by atoms with Gasteiger partial charge < -0.3 is 5.11 Å². The zero-order valence-corrected chi connectivity index (χ0v) is 15.9. The molecule has 0 saturated carbocycles. The standard InChI is InChI=1S/C17H34O6/c1-9-10-11-12-17(8,13(18)19)14(20-22-15(2,3)4)21-23-16(5,6)7/h14H,9-12H2,1-8H3,(H,18,19). The van der Waals surface area contributed by atoms with E-state index < -0.39 is 28.9 Å². The molecule has 0 bridgehead atoms. The third kappa shape index (κ3) is 9.25. The highest BCUT2D eigenvalue weighted by Crippen LogP contribution is 2.34. The van der Waals surface area contributed by atoms with Crippen molar-refractivity contribution in [3.63, 3.8) is 0 Å². The van der Waals surface area contributed by atoms with Crippen molar-refractivity contribution < 1.29 is 29.5 Å². The molecular weight excluding hydrogens is 300 g/mol. The second-order valence-electron chi connectivity index (χ2n) is 8.10. The molecule has 0 aromatic carbocycles. The third-order valence-corrected chi connectivity index (χ3v) is 3.08. The van der Waals surface area contributed by atoms with Crippen LogP contribution in [0.3, 0.4) is 0 Å². The molecule has 0 fully saturated rings. The molecule has 138 valence electrons. The summed E-state index contributed by atoms with van der Waals surface area (Å²) in [5.74, 6) is -1.01. The monoisotopic (exact) mass is 334 g/mol. The summed E-state index contributed by atoms with van der Waals surface area (Å²) in [7, 11) is 0. The van der Waals surface area contributed by atoms with Gasteiger partial charge >= 0.3 is 5.97 Å². The van der Waals surface area contributed by atoms with E-state index in [1.807, 2.05) is 41.5 Å². The highest BCUT2D eigenvalue weighted by molar-refractivity contribution is 5.74. The predicted molar refractivity (Wildman–Crippen MR) is 87.5 cm³/mol. The molecule has 1 atom stereocenters. The maximum Gasteiger partial charge on any atom is 0.314 e. The second kappa shape index (κ2) is 8.97. The Morgan fingerprint density at radius 3 is 1.65 bits per heavy atom. The van der Waals surface area contributed by atoms with Gasteiger partial charge in [-0.25, -0.2) is 9.78 Å². The molecule has 0 aliphatic rings. The fourth-order valence-corrected chi connectivity index (χ4v) is 1.67. The highest BCUT2D eigenvalue weighted by Gasteiger charge is 2.46. The number of carboxylic acids is 1. The van der Waals surface area contributed by atoms with Crippen LogP contribution in [0.4, 0.5) is 0 Å². The fraction of sp³-hybridized carbons (Fsp3) is 0.941. The molecule has 0 aromatic rings. The predicted octanol–water partition coefficient (Wildman–Crippen LogP) is 4.48. The van der Waals surface area contributed by atoms with Gasteiger partial charge in [-0.3, -0.25) is 4.79 Å². The van der Waals surface area contributed by atoms with Gasteiger partial charge in [0.05, 0.1) is 11.2 Å². The van der Waals surface area contributed by atoms with Crippen LogP contribution in [0, 0.1) is 5.41 Å². The van der Waals surface area contributed by atoms with Gasteiger partial charge in [-0.1, -0.05) is 26.2 Å². The van der Waals surface area contributed by atoms with Crippen LogP contribution in [0.1, 0.15) is 81.1 Å². The third-order valence-electron chi connectivity index (χ3n) is 3.08. The van der Waals surface area contributed by atoms with Crippen molar-refractivity contribution in [2.45, 2.75) is 98.6 Å². The van der Waals surface area contributed by atoms with Crippen LogP contribution in [0.2, 0.25) is 0 Å². The van der Waals surface area contributed by atoms with E-state index in [0.29, 0.717) is 6.42 Å². The number of aliphatic carboxylic acids is 1. The Labute approximate surface area is 140 Å². The summed E-state index contributed by atoms with van der Waals surface area (Å²) >= 11 is 0. The van der Waals surface area contributed by atoms with Gasteiger partial charge in [-0.15, -0.1) is 0 Å². The number of unbranched alkanes of at least 4 members (excludes halogenated alkanes) is 2. The van der Waals surface area contributed by atoms with Crippen LogP contribution in [0.15, 0.2) is 0 Å².